The van der Waals surface area contributed by atoms with Gasteiger partial charge in [0.05, 0.1) is 26.6 Å². The van der Waals surface area contributed by atoms with Gasteiger partial charge in [0, 0.05) is 29.6 Å². The molecule has 200 valence electrons. The summed E-state index contributed by atoms with van der Waals surface area (Å²) in [7, 11) is 0. The molecule has 1 heterocycles. The molecule has 0 unspecified atom stereocenters. The molecular formula is C30H23Cl2N5O3. The van der Waals surface area contributed by atoms with Crippen molar-refractivity contribution in [1.29, 1.82) is 0 Å². The Morgan fingerprint density at radius 1 is 0.900 bits per heavy atom. The Bertz CT molecular complexity index is 1700. The number of aromatic amines is 1. The molecule has 1 aromatic heterocycles. The Morgan fingerprint density at radius 2 is 1.68 bits per heavy atom. The maximum atomic E-state index is 13.0. The smallest absolute Gasteiger partial charge is 0.267 e. The highest BCUT2D eigenvalue weighted by atomic mass is 35.5. The van der Waals surface area contributed by atoms with Crippen molar-refractivity contribution in [3.8, 4) is 11.4 Å². The van der Waals surface area contributed by atoms with Crippen LogP contribution in [0, 0.1) is 0 Å². The van der Waals surface area contributed by atoms with E-state index in [1.807, 2.05) is 54.6 Å². The van der Waals surface area contributed by atoms with Crippen LogP contribution in [0.3, 0.4) is 0 Å². The summed E-state index contributed by atoms with van der Waals surface area (Å²) in [4.78, 5) is 32.0. The number of benzene rings is 4. The standard InChI is InChI=1S/C30H23Cl2N5O3/c31-24-13-11-21(16-23(24)29-35-26-3-1-2-4-27(26)36-29)34-30(39)22-12-7-19(15-25(22)32)17-33-20-9-5-18(6-10-20)8-14-28(38)37-40/h1-16,33,40H,17H2,(H,34,39)(H,35,36)(H,37,38)/b14-8+. The van der Waals surface area contributed by atoms with Crippen LogP contribution in [-0.4, -0.2) is 27.0 Å². The van der Waals surface area contributed by atoms with Crippen LogP contribution in [0.5, 0.6) is 0 Å². The maximum absolute atomic E-state index is 13.0. The summed E-state index contributed by atoms with van der Waals surface area (Å²) < 4.78 is 0. The number of amides is 2. The van der Waals surface area contributed by atoms with Crippen LogP contribution < -0.4 is 16.1 Å². The van der Waals surface area contributed by atoms with E-state index < -0.39 is 5.91 Å². The van der Waals surface area contributed by atoms with Gasteiger partial charge >= 0.3 is 0 Å². The zero-order valence-electron chi connectivity index (χ0n) is 20.9. The average Bonchev–Trinajstić information content (AvgIpc) is 3.40. The fraction of sp³-hybridized carbons (Fsp3) is 0.0333. The summed E-state index contributed by atoms with van der Waals surface area (Å²) in [6.45, 7) is 0.488. The molecule has 0 atom stereocenters. The van der Waals surface area contributed by atoms with Gasteiger partial charge in [0.15, 0.2) is 0 Å². The minimum absolute atomic E-state index is 0.325. The summed E-state index contributed by atoms with van der Waals surface area (Å²) in [5, 5.41) is 15.6. The molecule has 5 N–H and O–H groups in total. The Morgan fingerprint density at radius 3 is 2.42 bits per heavy atom. The van der Waals surface area contributed by atoms with Crippen molar-refractivity contribution in [3.05, 3.63) is 118 Å². The molecule has 0 aliphatic heterocycles. The molecule has 0 spiro atoms. The molecule has 0 fully saturated rings. The van der Waals surface area contributed by atoms with Crippen molar-refractivity contribution >= 4 is 63.5 Å². The lowest BCUT2D eigenvalue weighted by Crippen LogP contribution is -2.14. The molecule has 8 nitrogen and oxygen atoms in total. The largest absolute Gasteiger partial charge is 0.381 e. The molecule has 0 saturated carbocycles. The first-order valence-corrected chi connectivity index (χ1v) is 13.0. The fourth-order valence-corrected chi connectivity index (χ4v) is 4.54. The van der Waals surface area contributed by atoms with E-state index in [9.17, 15) is 9.59 Å². The summed E-state index contributed by atoms with van der Waals surface area (Å²) in [6.07, 6.45) is 2.82. The van der Waals surface area contributed by atoms with Crippen LogP contribution >= 0.6 is 23.2 Å². The Hall–Kier alpha value is -4.63. The average molecular weight is 572 g/mol. The third kappa shape index (κ3) is 6.32. The predicted octanol–water partition coefficient (Wildman–Crippen LogP) is 6.92. The predicted molar refractivity (Wildman–Crippen MR) is 159 cm³/mol. The lowest BCUT2D eigenvalue weighted by molar-refractivity contribution is -0.124. The van der Waals surface area contributed by atoms with E-state index in [1.165, 1.54) is 6.08 Å². The maximum Gasteiger partial charge on any atom is 0.267 e. The molecule has 0 radical (unpaired) electrons. The van der Waals surface area contributed by atoms with Gasteiger partial charge in [0.2, 0.25) is 0 Å². The molecule has 10 heteroatoms. The molecule has 0 bridgehead atoms. The first-order valence-electron chi connectivity index (χ1n) is 12.2. The lowest BCUT2D eigenvalue weighted by Gasteiger charge is -2.11. The Kier molecular flexibility index (Phi) is 8.12. The highest BCUT2D eigenvalue weighted by Crippen LogP contribution is 2.31. The highest BCUT2D eigenvalue weighted by Gasteiger charge is 2.14. The number of rotatable bonds is 8. The molecule has 5 aromatic rings. The molecule has 0 aliphatic carbocycles. The fourth-order valence-electron chi connectivity index (χ4n) is 4.04. The van der Waals surface area contributed by atoms with Crippen molar-refractivity contribution in [3.63, 3.8) is 0 Å². The molecule has 5 rings (SSSR count). The minimum atomic E-state index is -0.600. The minimum Gasteiger partial charge on any atom is -0.381 e. The summed E-state index contributed by atoms with van der Waals surface area (Å²) in [5.74, 6) is -0.338. The van der Waals surface area contributed by atoms with Crippen LogP contribution in [0.1, 0.15) is 21.5 Å². The first-order chi connectivity index (χ1) is 19.4. The van der Waals surface area contributed by atoms with Gasteiger partial charge in [-0.25, -0.2) is 10.5 Å². The van der Waals surface area contributed by atoms with Crippen molar-refractivity contribution in [1.82, 2.24) is 15.4 Å². The van der Waals surface area contributed by atoms with E-state index in [4.69, 9.17) is 28.4 Å². The quantitative estimate of drug-likeness (QED) is 0.0786. The second kappa shape index (κ2) is 12.0. The number of fused-ring (bicyclic) bond motifs is 1. The van der Waals surface area contributed by atoms with Gasteiger partial charge in [-0.15, -0.1) is 0 Å². The number of carbonyl (C=O) groups is 2. The number of nitrogens with one attached hydrogen (secondary N) is 4. The third-order valence-electron chi connectivity index (χ3n) is 6.09. The van der Waals surface area contributed by atoms with E-state index in [1.54, 1.807) is 41.9 Å². The number of hydrogen-bond acceptors (Lipinski definition) is 5. The first kappa shape index (κ1) is 27.0. The zero-order valence-corrected chi connectivity index (χ0v) is 22.4. The van der Waals surface area contributed by atoms with Crippen LogP contribution in [0.15, 0.2) is 91.0 Å². The number of hydroxylamine groups is 1. The van der Waals surface area contributed by atoms with E-state index in [2.05, 4.69) is 20.6 Å². The van der Waals surface area contributed by atoms with Gasteiger partial charge in [0.1, 0.15) is 5.82 Å². The SMILES string of the molecule is O=C(/C=C/c1ccc(NCc2ccc(C(=O)Nc3ccc(Cl)c(-c4nc5ccccc5[nH]4)c3)c(Cl)c2)cc1)NO. The number of nitrogens with zero attached hydrogens (tertiary/aromatic N) is 1. The van der Waals surface area contributed by atoms with Crippen molar-refractivity contribution in [2.75, 3.05) is 10.6 Å². The molecule has 2 amide bonds. The van der Waals surface area contributed by atoms with Gasteiger partial charge in [-0.2, -0.15) is 0 Å². The summed E-state index contributed by atoms with van der Waals surface area (Å²) in [5.41, 5.74) is 7.39. The molecular weight excluding hydrogens is 549 g/mol. The monoisotopic (exact) mass is 571 g/mol. The van der Waals surface area contributed by atoms with Crippen molar-refractivity contribution in [2.24, 2.45) is 0 Å². The second-order valence-corrected chi connectivity index (χ2v) is 9.66. The number of aromatic nitrogens is 2. The van der Waals surface area contributed by atoms with Gasteiger partial charge in [-0.05, 0) is 71.8 Å². The van der Waals surface area contributed by atoms with Gasteiger partial charge in [0.25, 0.3) is 11.8 Å². The number of hydrogen-bond donors (Lipinski definition) is 5. The number of halogens is 2. The van der Waals surface area contributed by atoms with Crippen LogP contribution in [0.25, 0.3) is 28.5 Å². The molecule has 0 saturated heterocycles. The molecule has 0 aliphatic rings. The van der Waals surface area contributed by atoms with Gasteiger partial charge in [-0.1, -0.05) is 53.5 Å². The van der Waals surface area contributed by atoms with Crippen molar-refractivity contribution < 1.29 is 14.8 Å². The van der Waals surface area contributed by atoms with E-state index >= 15 is 0 Å². The Balaban J connectivity index is 1.23. The number of anilines is 2. The van der Waals surface area contributed by atoms with Gasteiger partial charge in [-0.3, -0.25) is 14.8 Å². The van der Waals surface area contributed by atoms with Crippen LogP contribution in [0.4, 0.5) is 11.4 Å². The number of imidazole rings is 1. The van der Waals surface area contributed by atoms with E-state index in [0.29, 0.717) is 39.2 Å². The van der Waals surface area contributed by atoms with E-state index in [-0.39, 0.29) is 5.91 Å². The number of carbonyl (C=O) groups excluding carboxylic acids is 2. The third-order valence-corrected chi connectivity index (χ3v) is 6.73. The number of H-pyrrole nitrogens is 1. The Labute approximate surface area is 239 Å². The van der Waals surface area contributed by atoms with Crippen molar-refractivity contribution in [2.45, 2.75) is 6.54 Å². The lowest BCUT2D eigenvalue weighted by atomic mass is 10.1. The van der Waals surface area contributed by atoms with Gasteiger partial charge < -0.3 is 15.6 Å². The molecule has 40 heavy (non-hydrogen) atoms. The summed E-state index contributed by atoms with van der Waals surface area (Å²) in [6, 6.07) is 25.6. The normalized spacial score (nSPS) is 11.1. The summed E-state index contributed by atoms with van der Waals surface area (Å²) >= 11 is 12.9. The van der Waals surface area contributed by atoms with Crippen LogP contribution in [-0.2, 0) is 11.3 Å². The zero-order chi connectivity index (χ0) is 28.1. The highest BCUT2D eigenvalue weighted by molar-refractivity contribution is 6.35. The second-order valence-electron chi connectivity index (χ2n) is 8.85. The van der Waals surface area contributed by atoms with E-state index in [0.717, 1.165) is 27.8 Å². The number of para-hydroxylation sites is 2. The molecule has 4 aromatic carbocycles. The van der Waals surface area contributed by atoms with Crippen LogP contribution in [0.2, 0.25) is 10.0 Å². The topological polar surface area (TPSA) is 119 Å².